The summed E-state index contributed by atoms with van der Waals surface area (Å²) in [6, 6.07) is 0. The minimum atomic E-state index is -1.58. The van der Waals surface area contributed by atoms with Crippen molar-refractivity contribution in [2.75, 3.05) is 0 Å². The zero-order valence-electron chi connectivity index (χ0n) is 15.3. The van der Waals surface area contributed by atoms with E-state index in [1.54, 1.807) is 6.92 Å². The molecule has 130 valence electrons. The Kier molecular flexibility index (Phi) is 3.37. The maximum Gasteiger partial charge on any atom is 0.175 e. The molecule has 0 aromatic heterocycles. The lowest BCUT2D eigenvalue weighted by Gasteiger charge is -2.60. The highest BCUT2D eigenvalue weighted by molar-refractivity contribution is 5.94. The Morgan fingerprint density at radius 3 is 2.48 bits per heavy atom. The first-order valence-corrected chi connectivity index (χ1v) is 9.92. The number of ketones is 1. The quantitative estimate of drug-likeness (QED) is 0.570. The van der Waals surface area contributed by atoms with E-state index >= 15 is 0 Å². The van der Waals surface area contributed by atoms with Crippen LogP contribution in [0.5, 0.6) is 0 Å². The van der Waals surface area contributed by atoms with E-state index in [0.717, 1.165) is 30.6 Å². The SMILES string of the molecule is CC1CC[C@@]2(C)C(CC[C@@H]3[C@H]2CC[C@]2(C)C(=O)C(C)(F)C[C@@H]32)C1. The molecule has 4 fully saturated rings. The van der Waals surface area contributed by atoms with Gasteiger partial charge in [0, 0.05) is 5.41 Å². The van der Waals surface area contributed by atoms with Crippen LogP contribution in [0.3, 0.4) is 0 Å². The van der Waals surface area contributed by atoms with E-state index in [9.17, 15) is 9.18 Å². The van der Waals surface area contributed by atoms with Gasteiger partial charge in [-0.3, -0.25) is 4.79 Å². The Bertz CT molecular complexity index is 526. The van der Waals surface area contributed by atoms with Gasteiger partial charge in [-0.1, -0.05) is 27.2 Å². The fourth-order valence-electron chi connectivity index (χ4n) is 7.55. The first-order valence-electron chi connectivity index (χ1n) is 9.92. The van der Waals surface area contributed by atoms with Crippen molar-refractivity contribution in [1.29, 1.82) is 0 Å². The van der Waals surface area contributed by atoms with Gasteiger partial charge < -0.3 is 0 Å². The predicted molar refractivity (Wildman–Crippen MR) is 90.8 cm³/mol. The molecule has 2 heteroatoms. The van der Waals surface area contributed by atoms with Crippen LogP contribution in [-0.2, 0) is 4.79 Å². The van der Waals surface area contributed by atoms with Gasteiger partial charge in [0.2, 0.25) is 0 Å². The number of fused-ring (bicyclic) bond motifs is 5. The molecule has 0 amide bonds. The van der Waals surface area contributed by atoms with Crippen molar-refractivity contribution in [2.45, 2.75) is 84.7 Å². The highest BCUT2D eigenvalue weighted by atomic mass is 19.1. The van der Waals surface area contributed by atoms with Crippen molar-refractivity contribution in [3.63, 3.8) is 0 Å². The zero-order chi connectivity index (χ0) is 16.6. The molecule has 4 aliphatic rings. The number of hydrogen-bond acceptors (Lipinski definition) is 1. The van der Waals surface area contributed by atoms with Crippen molar-refractivity contribution >= 4 is 5.78 Å². The summed E-state index contributed by atoms with van der Waals surface area (Å²) in [7, 11) is 0. The van der Waals surface area contributed by atoms with Crippen LogP contribution >= 0.6 is 0 Å². The molecule has 4 saturated carbocycles. The number of halogens is 1. The molecule has 23 heavy (non-hydrogen) atoms. The standard InChI is InChI=1S/C21H33FO/c1-13-7-9-19(2)14(11-13)5-6-15-16(19)8-10-20(3)17(15)12-21(4,22)18(20)23/h13-17H,5-12H2,1-4H3/t13?,14?,15-,16-,17+,19+,20+,21?/m1/s1. The first-order chi connectivity index (χ1) is 10.7. The van der Waals surface area contributed by atoms with Crippen molar-refractivity contribution in [2.24, 2.45) is 40.4 Å². The average molecular weight is 320 g/mol. The molecule has 4 aliphatic carbocycles. The van der Waals surface area contributed by atoms with Gasteiger partial charge in [0.1, 0.15) is 0 Å². The third-order valence-electron chi connectivity index (χ3n) is 8.91. The third kappa shape index (κ3) is 2.05. The summed E-state index contributed by atoms with van der Waals surface area (Å²) < 4.78 is 14.8. The summed E-state index contributed by atoms with van der Waals surface area (Å²) in [4.78, 5) is 12.7. The molecule has 0 aromatic rings. The van der Waals surface area contributed by atoms with Gasteiger partial charge in [0.15, 0.2) is 11.5 Å². The van der Waals surface area contributed by atoms with E-state index in [2.05, 4.69) is 20.8 Å². The highest BCUT2D eigenvalue weighted by Gasteiger charge is 2.65. The average Bonchev–Trinajstić information content (AvgIpc) is 2.68. The summed E-state index contributed by atoms with van der Waals surface area (Å²) in [5, 5.41) is 0. The summed E-state index contributed by atoms with van der Waals surface area (Å²) in [6.07, 6.45) is 9.22. The molecular formula is C21H33FO. The maximum absolute atomic E-state index is 14.8. The van der Waals surface area contributed by atoms with Crippen LogP contribution in [0.2, 0.25) is 0 Å². The fraction of sp³-hybridized carbons (Fsp3) is 0.952. The van der Waals surface area contributed by atoms with Gasteiger partial charge >= 0.3 is 0 Å². The summed E-state index contributed by atoms with van der Waals surface area (Å²) in [5.41, 5.74) is -1.50. The first kappa shape index (κ1) is 16.1. The number of alkyl halides is 1. The largest absolute Gasteiger partial charge is 0.295 e. The van der Waals surface area contributed by atoms with Gasteiger partial charge in [-0.05, 0) is 86.9 Å². The van der Waals surface area contributed by atoms with E-state index in [0.29, 0.717) is 23.7 Å². The number of carbonyl (C=O) groups excluding carboxylic acids is 1. The van der Waals surface area contributed by atoms with Crippen LogP contribution in [0.15, 0.2) is 0 Å². The normalized spacial score (nSPS) is 59.2. The summed E-state index contributed by atoms with van der Waals surface area (Å²) >= 11 is 0. The number of carbonyl (C=O) groups is 1. The second-order valence-electron chi connectivity index (χ2n) is 10.2. The Labute approximate surface area is 140 Å². The van der Waals surface area contributed by atoms with Crippen molar-refractivity contribution < 1.29 is 9.18 Å². The second kappa shape index (κ2) is 4.82. The van der Waals surface area contributed by atoms with Crippen LogP contribution in [-0.4, -0.2) is 11.5 Å². The zero-order valence-corrected chi connectivity index (χ0v) is 15.3. The lowest BCUT2D eigenvalue weighted by atomic mass is 9.45. The smallest absolute Gasteiger partial charge is 0.175 e. The summed E-state index contributed by atoms with van der Waals surface area (Å²) in [5.74, 6) is 3.27. The molecule has 0 saturated heterocycles. The van der Waals surface area contributed by atoms with Gasteiger partial charge in [-0.15, -0.1) is 0 Å². The molecule has 0 aliphatic heterocycles. The van der Waals surface area contributed by atoms with Crippen LogP contribution in [0.25, 0.3) is 0 Å². The predicted octanol–water partition coefficient (Wildman–Crippen LogP) is 5.57. The van der Waals surface area contributed by atoms with E-state index < -0.39 is 5.67 Å². The molecule has 0 heterocycles. The molecule has 3 unspecified atom stereocenters. The molecule has 8 atom stereocenters. The molecule has 1 nitrogen and oxygen atoms in total. The van der Waals surface area contributed by atoms with Crippen LogP contribution < -0.4 is 0 Å². The van der Waals surface area contributed by atoms with Gasteiger partial charge in [0.05, 0.1) is 0 Å². The second-order valence-corrected chi connectivity index (χ2v) is 10.2. The molecule has 4 rings (SSSR count). The van der Waals surface area contributed by atoms with E-state index in [-0.39, 0.29) is 11.2 Å². The molecule has 0 aromatic carbocycles. The van der Waals surface area contributed by atoms with Gasteiger partial charge in [-0.2, -0.15) is 0 Å². The number of rotatable bonds is 0. The molecule has 0 radical (unpaired) electrons. The topological polar surface area (TPSA) is 17.1 Å². The minimum absolute atomic E-state index is 0.0852. The van der Waals surface area contributed by atoms with Gasteiger partial charge in [0.25, 0.3) is 0 Å². The van der Waals surface area contributed by atoms with Gasteiger partial charge in [-0.25, -0.2) is 4.39 Å². The monoisotopic (exact) mass is 320 g/mol. The summed E-state index contributed by atoms with van der Waals surface area (Å²) in [6.45, 7) is 8.57. The maximum atomic E-state index is 14.8. The molecule has 0 spiro atoms. The van der Waals surface area contributed by atoms with E-state index in [1.807, 2.05) is 0 Å². The van der Waals surface area contributed by atoms with Crippen molar-refractivity contribution in [3.8, 4) is 0 Å². The Balaban J connectivity index is 1.66. The van der Waals surface area contributed by atoms with Crippen molar-refractivity contribution in [3.05, 3.63) is 0 Å². The van der Waals surface area contributed by atoms with Crippen LogP contribution in [0.1, 0.15) is 79.1 Å². The van der Waals surface area contributed by atoms with E-state index in [4.69, 9.17) is 0 Å². The lowest BCUT2D eigenvalue weighted by Crippen LogP contribution is -2.53. The Morgan fingerprint density at radius 1 is 1.00 bits per heavy atom. The lowest BCUT2D eigenvalue weighted by molar-refractivity contribution is -0.143. The Morgan fingerprint density at radius 2 is 1.74 bits per heavy atom. The third-order valence-corrected chi connectivity index (χ3v) is 8.91. The Hall–Kier alpha value is -0.400. The number of Topliss-reactive ketones (excluding diaryl/α,β-unsaturated/α-hetero) is 1. The minimum Gasteiger partial charge on any atom is -0.295 e. The van der Waals surface area contributed by atoms with Crippen molar-refractivity contribution in [1.82, 2.24) is 0 Å². The molecule has 0 N–H and O–H groups in total. The van der Waals surface area contributed by atoms with E-state index in [1.165, 1.54) is 32.1 Å². The molecule has 0 bridgehead atoms. The van der Waals surface area contributed by atoms with Crippen LogP contribution in [0, 0.1) is 40.4 Å². The molecular weight excluding hydrogens is 287 g/mol. The fourth-order valence-corrected chi connectivity index (χ4v) is 7.55. The highest BCUT2D eigenvalue weighted by Crippen LogP contribution is 2.67. The number of hydrogen-bond donors (Lipinski definition) is 0. The van der Waals surface area contributed by atoms with Crippen LogP contribution in [0.4, 0.5) is 4.39 Å².